The van der Waals surface area contributed by atoms with E-state index in [1.807, 2.05) is 39.0 Å². The Labute approximate surface area is 152 Å². The first-order chi connectivity index (χ1) is 11.9. The van der Waals surface area contributed by atoms with Crippen LogP contribution in [0, 0.1) is 20.8 Å². The van der Waals surface area contributed by atoms with Crippen molar-refractivity contribution in [3.8, 4) is 0 Å². The lowest BCUT2D eigenvalue weighted by Gasteiger charge is -2.15. The van der Waals surface area contributed by atoms with Gasteiger partial charge in [-0.15, -0.1) is 0 Å². The Morgan fingerprint density at radius 2 is 1.52 bits per heavy atom. The zero-order chi connectivity index (χ0) is 18.0. The van der Waals surface area contributed by atoms with Crippen LogP contribution in [0.4, 0.5) is 28.7 Å². The summed E-state index contributed by atoms with van der Waals surface area (Å²) in [5.41, 5.74) is 11.9. The summed E-state index contributed by atoms with van der Waals surface area (Å²) in [6.07, 6.45) is 1.48. The van der Waals surface area contributed by atoms with Crippen LogP contribution in [0.25, 0.3) is 0 Å². The molecule has 0 atom stereocenters. The molecule has 0 saturated heterocycles. The highest BCUT2D eigenvalue weighted by Crippen LogP contribution is 2.31. The number of aryl methyl sites for hydroxylation is 3. The number of halogens is 1. The van der Waals surface area contributed by atoms with Gasteiger partial charge in [0.1, 0.15) is 12.0 Å². The van der Waals surface area contributed by atoms with Crippen LogP contribution in [-0.4, -0.2) is 9.97 Å². The zero-order valence-corrected chi connectivity index (χ0v) is 15.1. The predicted octanol–water partition coefficient (Wildman–Crippen LogP) is 5.12. The van der Waals surface area contributed by atoms with Crippen LogP contribution in [0.3, 0.4) is 0 Å². The van der Waals surface area contributed by atoms with Gasteiger partial charge < -0.3 is 16.4 Å². The summed E-state index contributed by atoms with van der Waals surface area (Å²) in [6.45, 7) is 6.06. The fraction of sp³-hybridized carbons (Fsp3) is 0.158. The molecule has 0 spiro atoms. The Morgan fingerprint density at radius 1 is 0.840 bits per heavy atom. The number of hydrogen-bond acceptors (Lipinski definition) is 5. The molecule has 128 valence electrons. The van der Waals surface area contributed by atoms with Crippen molar-refractivity contribution in [3.05, 3.63) is 64.4 Å². The molecular formula is C19H20ClN5. The predicted molar refractivity (Wildman–Crippen MR) is 105 cm³/mol. The minimum Gasteiger partial charge on any atom is -0.393 e. The first kappa shape index (κ1) is 17.0. The lowest BCUT2D eigenvalue weighted by Crippen LogP contribution is -2.06. The number of benzene rings is 2. The van der Waals surface area contributed by atoms with Crippen molar-refractivity contribution in [2.75, 3.05) is 16.4 Å². The first-order valence-electron chi connectivity index (χ1n) is 7.92. The van der Waals surface area contributed by atoms with Gasteiger partial charge in [-0.1, -0.05) is 23.7 Å². The van der Waals surface area contributed by atoms with Gasteiger partial charge in [-0.25, -0.2) is 9.97 Å². The highest BCUT2D eigenvalue weighted by atomic mass is 35.5. The minimum absolute atomic E-state index is 0.456. The Morgan fingerprint density at radius 3 is 2.20 bits per heavy atom. The van der Waals surface area contributed by atoms with Gasteiger partial charge in [0.25, 0.3) is 0 Å². The minimum atomic E-state index is 0.456. The molecule has 1 aromatic heterocycles. The van der Waals surface area contributed by atoms with Crippen molar-refractivity contribution in [2.45, 2.75) is 20.8 Å². The fourth-order valence-corrected chi connectivity index (χ4v) is 2.71. The molecule has 0 bridgehead atoms. The summed E-state index contributed by atoms with van der Waals surface area (Å²) >= 11 is 6.01. The molecule has 4 N–H and O–H groups in total. The molecule has 5 nitrogen and oxygen atoms in total. The lowest BCUT2D eigenvalue weighted by molar-refractivity contribution is 1.17. The third kappa shape index (κ3) is 3.83. The molecule has 1 heterocycles. The molecule has 0 aliphatic carbocycles. The zero-order valence-electron chi connectivity index (χ0n) is 14.4. The molecule has 25 heavy (non-hydrogen) atoms. The number of aromatic nitrogens is 2. The van der Waals surface area contributed by atoms with Crippen molar-refractivity contribution in [1.29, 1.82) is 0 Å². The Kier molecular flexibility index (Phi) is 4.76. The molecule has 0 fully saturated rings. The maximum Gasteiger partial charge on any atom is 0.159 e. The van der Waals surface area contributed by atoms with Crippen LogP contribution in [0.15, 0.2) is 42.7 Å². The number of nitrogens with one attached hydrogen (secondary N) is 2. The molecular weight excluding hydrogens is 334 g/mol. The molecule has 3 aromatic rings. The second-order valence-corrected chi connectivity index (χ2v) is 6.45. The number of nitrogen functional groups attached to an aromatic ring is 1. The van der Waals surface area contributed by atoms with Crippen LogP contribution in [0.1, 0.15) is 16.7 Å². The van der Waals surface area contributed by atoms with Crippen molar-refractivity contribution in [1.82, 2.24) is 9.97 Å². The van der Waals surface area contributed by atoms with E-state index in [1.54, 1.807) is 0 Å². The monoisotopic (exact) mass is 353 g/mol. The van der Waals surface area contributed by atoms with E-state index in [1.165, 1.54) is 6.33 Å². The lowest BCUT2D eigenvalue weighted by atomic mass is 10.1. The number of anilines is 5. The van der Waals surface area contributed by atoms with Gasteiger partial charge in [-0.3, -0.25) is 0 Å². The van der Waals surface area contributed by atoms with E-state index < -0.39 is 0 Å². The van der Waals surface area contributed by atoms with Crippen LogP contribution in [0.5, 0.6) is 0 Å². The highest BCUT2D eigenvalue weighted by molar-refractivity contribution is 6.30. The summed E-state index contributed by atoms with van der Waals surface area (Å²) in [4.78, 5) is 8.53. The third-order valence-corrected chi connectivity index (χ3v) is 4.21. The normalized spacial score (nSPS) is 10.6. The van der Waals surface area contributed by atoms with Gasteiger partial charge in [0.2, 0.25) is 0 Å². The number of rotatable bonds is 4. The smallest absolute Gasteiger partial charge is 0.159 e. The van der Waals surface area contributed by atoms with E-state index in [0.717, 1.165) is 28.1 Å². The van der Waals surface area contributed by atoms with Crippen LogP contribution < -0.4 is 16.4 Å². The Balaban J connectivity index is 1.91. The second-order valence-electron chi connectivity index (χ2n) is 6.01. The molecule has 2 aromatic carbocycles. The third-order valence-electron chi connectivity index (χ3n) is 3.97. The number of hydrogen-bond donors (Lipinski definition) is 3. The largest absolute Gasteiger partial charge is 0.393 e. The molecule has 0 saturated carbocycles. The number of nitrogens with two attached hydrogens (primary N) is 1. The maximum absolute atomic E-state index is 6.27. The molecule has 0 amide bonds. The van der Waals surface area contributed by atoms with E-state index in [2.05, 4.69) is 38.8 Å². The van der Waals surface area contributed by atoms with E-state index >= 15 is 0 Å². The summed E-state index contributed by atoms with van der Waals surface area (Å²) < 4.78 is 0. The van der Waals surface area contributed by atoms with Crippen molar-refractivity contribution in [3.63, 3.8) is 0 Å². The summed E-state index contributed by atoms with van der Waals surface area (Å²) in [5.74, 6) is 1.12. The maximum atomic E-state index is 6.27. The quantitative estimate of drug-likeness (QED) is 0.606. The van der Waals surface area contributed by atoms with Gasteiger partial charge in [-0.2, -0.15) is 0 Å². The second kappa shape index (κ2) is 6.99. The van der Waals surface area contributed by atoms with E-state index in [9.17, 15) is 0 Å². The topological polar surface area (TPSA) is 75.9 Å². The van der Waals surface area contributed by atoms with Crippen LogP contribution in [-0.2, 0) is 0 Å². The SMILES string of the molecule is Cc1ccc(C)c(Nc2ncnc(Nc3ccc(Cl)cc3C)c2N)c1. The van der Waals surface area contributed by atoms with Gasteiger partial charge in [0.05, 0.1) is 0 Å². The molecule has 6 heteroatoms. The summed E-state index contributed by atoms with van der Waals surface area (Å²) in [7, 11) is 0. The van der Waals surface area contributed by atoms with Crippen molar-refractivity contribution >= 4 is 40.3 Å². The van der Waals surface area contributed by atoms with Crippen molar-refractivity contribution in [2.24, 2.45) is 0 Å². The van der Waals surface area contributed by atoms with E-state index in [-0.39, 0.29) is 0 Å². The van der Waals surface area contributed by atoms with Gasteiger partial charge >= 0.3 is 0 Å². The van der Waals surface area contributed by atoms with Crippen LogP contribution in [0.2, 0.25) is 5.02 Å². The standard InChI is InChI=1S/C19H20ClN5/c1-11-4-5-12(2)16(8-11)25-19-17(21)18(22-10-23-19)24-15-7-6-14(20)9-13(15)3/h4-10H,21H2,1-3H3,(H2,22,23,24,25). The molecule has 0 radical (unpaired) electrons. The molecule has 3 rings (SSSR count). The summed E-state index contributed by atoms with van der Waals surface area (Å²) in [5, 5.41) is 7.23. The Hall–Kier alpha value is -2.79. The molecule has 0 aliphatic rings. The van der Waals surface area contributed by atoms with Crippen LogP contribution >= 0.6 is 11.6 Å². The highest BCUT2D eigenvalue weighted by Gasteiger charge is 2.11. The number of nitrogens with zero attached hydrogens (tertiary/aromatic N) is 2. The van der Waals surface area contributed by atoms with E-state index in [0.29, 0.717) is 22.3 Å². The fourth-order valence-electron chi connectivity index (χ4n) is 2.49. The average molecular weight is 354 g/mol. The summed E-state index contributed by atoms with van der Waals surface area (Å²) in [6, 6.07) is 11.8. The van der Waals surface area contributed by atoms with Gasteiger partial charge in [0, 0.05) is 16.4 Å². The Bertz CT molecular complexity index is 924. The molecule has 0 aliphatic heterocycles. The molecule has 0 unspecified atom stereocenters. The van der Waals surface area contributed by atoms with Gasteiger partial charge in [0.15, 0.2) is 11.6 Å². The first-order valence-corrected chi connectivity index (χ1v) is 8.30. The van der Waals surface area contributed by atoms with E-state index in [4.69, 9.17) is 17.3 Å². The van der Waals surface area contributed by atoms with Crippen molar-refractivity contribution < 1.29 is 0 Å². The average Bonchev–Trinajstić information content (AvgIpc) is 2.57. The van der Waals surface area contributed by atoms with Gasteiger partial charge in [-0.05, 0) is 61.7 Å².